The van der Waals surface area contributed by atoms with E-state index in [9.17, 15) is 19.8 Å². The number of aromatic nitrogens is 1. The van der Waals surface area contributed by atoms with Crippen LogP contribution in [0.3, 0.4) is 0 Å². The summed E-state index contributed by atoms with van der Waals surface area (Å²) in [4.78, 5) is 28.0. The lowest BCUT2D eigenvalue weighted by Gasteiger charge is -2.37. The molecule has 1 saturated heterocycles. The van der Waals surface area contributed by atoms with Gasteiger partial charge in [0.05, 0.1) is 7.11 Å². The van der Waals surface area contributed by atoms with E-state index < -0.39 is 18.0 Å². The van der Waals surface area contributed by atoms with Crippen LogP contribution in [-0.2, 0) is 22.7 Å². The molecule has 9 heteroatoms. The van der Waals surface area contributed by atoms with Crippen LogP contribution in [0.15, 0.2) is 48.7 Å². The molecule has 0 unspecified atom stereocenters. The molecule has 0 radical (unpaired) electrons. The molecule has 1 aromatic heterocycles. The van der Waals surface area contributed by atoms with Gasteiger partial charge in [-0.15, -0.1) is 0 Å². The number of aliphatic carboxylic acids is 2. The number of hydrogen-bond acceptors (Lipinski definition) is 5. The SMILES string of the molecule is COc1ccc2c(c1)c([C@@H](C(=O)O)N1CCN(Cc3cccc(Cl)c3)CC1)cn2CC(=O)O. The number of hydrogen-bond donors (Lipinski definition) is 2. The second kappa shape index (κ2) is 9.82. The first-order valence-corrected chi connectivity index (χ1v) is 11.1. The maximum atomic E-state index is 12.4. The number of fused-ring (bicyclic) bond motifs is 1. The average Bonchev–Trinajstić information content (AvgIpc) is 3.11. The van der Waals surface area contributed by atoms with Gasteiger partial charge < -0.3 is 19.5 Å². The number of methoxy groups -OCH3 is 1. The van der Waals surface area contributed by atoms with Gasteiger partial charge in [-0.3, -0.25) is 19.4 Å². The number of carbonyl (C=O) groups is 2. The third-order valence-electron chi connectivity index (χ3n) is 6.02. The lowest BCUT2D eigenvalue weighted by molar-refractivity contribution is -0.144. The summed E-state index contributed by atoms with van der Waals surface area (Å²) in [6, 6.07) is 12.1. The van der Waals surface area contributed by atoms with Crippen LogP contribution < -0.4 is 4.74 Å². The molecule has 3 aromatic rings. The molecule has 2 N–H and O–H groups in total. The van der Waals surface area contributed by atoms with Crippen molar-refractivity contribution in [2.45, 2.75) is 19.1 Å². The van der Waals surface area contributed by atoms with E-state index in [-0.39, 0.29) is 6.54 Å². The summed E-state index contributed by atoms with van der Waals surface area (Å²) in [5, 5.41) is 20.9. The van der Waals surface area contributed by atoms with E-state index in [1.807, 2.05) is 29.2 Å². The zero-order chi connectivity index (χ0) is 23.5. The Labute approximate surface area is 196 Å². The molecule has 0 spiro atoms. The maximum Gasteiger partial charge on any atom is 0.325 e. The van der Waals surface area contributed by atoms with Crippen LogP contribution in [0.2, 0.25) is 5.02 Å². The fourth-order valence-electron chi connectivity index (χ4n) is 4.48. The smallest absolute Gasteiger partial charge is 0.325 e. The Morgan fingerprint density at radius 3 is 2.48 bits per heavy atom. The monoisotopic (exact) mass is 471 g/mol. The summed E-state index contributed by atoms with van der Waals surface area (Å²) in [5.74, 6) is -1.36. The molecule has 1 aliphatic heterocycles. The second-order valence-electron chi connectivity index (χ2n) is 8.17. The summed E-state index contributed by atoms with van der Waals surface area (Å²) in [7, 11) is 1.54. The number of carboxylic acid groups (broad SMARTS) is 2. The molecule has 8 nitrogen and oxygen atoms in total. The highest BCUT2D eigenvalue weighted by molar-refractivity contribution is 6.30. The molecular weight excluding hydrogens is 446 g/mol. The van der Waals surface area contributed by atoms with Crippen molar-refractivity contribution < 1.29 is 24.5 Å². The van der Waals surface area contributed by atoms with Gasteiger partial charge in [0.2, 0.25) is 0 Å². The van der Waals surface area contributed by atoms with Gasteiger partial charge in [0.25, 0.3) is 0 Å². The van der Waals surface area contributed by atoms with Crippen LogP contribution in [0.5, 0.6) is 5.75 Å². The average molecular weight is 472 g/mol. The minimum absolute atomic E-state index is 0.247. The molecule has 2 heterocycles. The number of halogens is 1. The third-order valence-corrected chi connectivity index (χ3v) is 6.26. The van der Waals surface area contributed by atoms with Crippen molar-refractivity contribution in [3.05, 3.63) is 64.8 Å². The highest BCUT2D eigenvalue weighted by atomic mass is 35.5. The molecule has 2 aromatic carbocycles. The second-order valence-corrected chi connectivity index (χ2v) is 8.61. The number of rotatable bonds is 8. The van der Waals surface area contributed by atoms with Crippen LogP contribution in [-0.4, -0.2) is 69.8 Å². The molecule has 33 heavy (non-hydrogen) atoms. The van der Waals surface area contributed by atoms with E-state index in [2.05, 4.69) is 4.90 Å². The predicted molar refractivity (Wildman–Crippen MR) is 125 cm³/mol. The highest BCUT2D eigenvalue weighted by Crippen LogP contribution is 2.33. The van der Waals surface area contributed by atoms with Crippen molar-refractivity contribution in [1.29, 1.82) is 0 Å². The Hall–Kier alpha value is -3.07. The maximum absolute atomic E-state index is 12.4. The van der Waals surface area contributed by atoms with Crippen LogP contribution in [0.1, 0.15) is 17.2 Å². The van der Waals surface area contributed by atoms with Crippen molar-refractivity contribution in [3.63, 3.8) is 0 Å². The molecule has 0 aliphatic carbocycles. The lowest BCUT2D eigenvalue weighted by atomic mass is 10.0. The lowest BCUT2D eigenvalue weighted by Crippen LogP contribution is -2.48. The molecule has 1 atom stereocenters. The summed E-state index contributed by atoms with van der Waals surface area (Å²) >= 11 is 6.09. The van der Waals surface area contributed by atoms with Gasteiger partial charge in [-0.1, -0.05) is 23.7 Å². The molecule has 0 saturated carbocycles. The summed E-state index contributed by atoms with van der Waals surface area (Å²) in [5.41, 5.74) is 2.36. The number of carboxylic acids is 2. The Morgan fingerprint density at radius 2 is 1.85 bits per heavy atom. The Bertz CT molecular complexity index is 1170. The molecule has 1 aliphatic rings. The van der Waals surface area contributed by atoms with E-state index in [1.54, 1.807) is 36.1 Å². The van der Waals surface area contributed by atoms with Crippen molar-refractivity contribution >= 4 is 34.4 Å². The standard InChI is InChI=1S/C24H26ClN3O5/c1-33-18-5-6-21-19(12-18)20(14-28(21)15-22(29)30)23(24(31)32)27-9-7-26(8-10-27)13-16-3-2-4-17(25)11-16/h2-6,11-12,14,23H,7-10,13,15H2,1H3,(H,29,30)(H,31,32)/t23-/m0/s1. The van der Waals surface area contributed by atoms with Crippen molar-refractivity contribution in [2.24, 2.45) is 0 Å². The van der Waals surface area contributed by atoms with Crippen LogP contribution in [0.4, 0.5) is 0 Å². The fourth-order valence-corrected chi connectivity index (χ4v) is 4.70. The van der Waals surface area contributed by atoms with Gasteiger partial charge >= 0.3 is 11.9 Å². The highest BCUT2D eigenvalue weighted by Gasteiger charge is 2.33. The quantitative estimate of drug-likeness (QED) is 0.520. The van der Waals surface area contributed by atoms with Gasteiger partial charge in [0.15, 0.2) is 0 Å². The van der Waals surface area contributed by atoms with Gasteiger partial charge in [-0.2, -0.15) is 0 Å². The number of piperazine rings is 1. The van der Waals surface area contributed by atoms with E-state index in [0.29, 0.717) is 53.4 Å². The van der Waals surface area contributed by atoms with E-state index in [4.69, 9.17) is 16.3 Å². The minimum atomic E-state index is -0.990. The normalized spacial score (nSPS) is 16.1. The van der Waals surface area contributed by atoms with Gasteiger partial charge in [0, 0.05) is 60.4 Å². The van der Waals surface area contributed by atoms with Gasteiger partial charge in [0.1, 0.15) is 18.3 Å². The predicted octanol–water partition coefficient (Wildman–Crippen LogP) is 3.33. The molecule has 174 valence electrons. The van der Waals surface area contributed by atoms with Gasteiger partial charge in [-0.05, 0) is 35.9 Å². The van der Waals surface area contributed by atoms with E-state index in [0.717, 1.165) is 12.1 Å². The first-order chi connectivity index (χ1) is 15.9. The van der Waals surface area contributed by atoms with Gasteiger partial charge in [-0.25, -0.2) is 0 Å². The third kappa shape index (κ3) is 5.13. The number of ether oxygens (including phenoxy) is 1. The molecule has 0 amide bonds. The molecule has 0 bridgehead atoms. The fraction of sp³-hybridized carbons (Fsp3) is 0.333. The zero-order valence-electron chi connectivity index (χ0n) is 18.3. The molecular formula is C24H26ClN3O5. The minimum Gasteiger partial charge on any atom is -0.497 e. The Kier molecular flexibility index (Phi) is 6.88. The van der Waals surface area contributed by atoms with Crippen LogP contribution >= 0.6 is 11.6 Å². The molecule has 4 rings (SSSR count). The van der Waals surface area contributed by atoms with Crippen molar-refractivity contribution in [2.75, 3.05) is 33.3 Å². The van der Waals surface area contributed by atoms with E-state index >= 15 is 0 Å². The largest absolute Gasteiger partial charge is 0.497 e. The van der Waals surface area contributed by atoms with Crippen molar-refractivity contribution in [1.82, 2.24) is 14.4 Å². The zero-order valence-corrected chi connectivity index (χ0v) is 19.0. The van der Waals surface area contributed by atoms with Crippen molar-refractivity contribution in [3.8, 4) is 5.75 Å². The molecule has 1 fully saturated rings. The number of nitrogens with zero attached hydrogens (tertiary/aromatic N) is 3. The van der Waals surface area contributed by atoms with Crippen LogP contribution in [0, 0.1) is 0 Å². The Balaban J connectivity index is 1.59. The Morgan fingerprint density at radius 1 is 1.09 bits per heavy atom. The first-order valence-electron chi connectivity index (χ1n) is 10.7. The topological polar surface area (TPSA) is 95.2 Å². The number of benzene rings is 2. The first kappa shape index (κ1) is 23.1. The van der Waals surface area contributed by atoms with Crippen LogP contribution in [0.25, 0.3) is 10.9 Å². The summed E-state index contributed by atoms with van der Waals surface area (Å²) in [6.07, 6.45) is 1.65. The summed E-state index contributed by atoms with van der Waals surface area (Å²) < 4.78 is 6.91. The summed E-state index contributed by atoms with van der Waals surface area (Å²) in [6.45, 7) is 3.09. The van der Waals surface area contributed by atoms with E-state index in [1.165, 1.54) is 0 Å².